The van der Waals surface area contributed by atoms with Gasteiger partial charge in [-0.2, -0.15) is 8.42 Å². The molecule has 38 heavy (non-hydrogen) atoms. The van der Waals surface area contributed by atoms with E-state index in [4.69, 9.17) is 8.92 Å². The monoisotopic (exact) mass is 549 g/mol. The highest BCUT2D eigenvalue weighted by atomic mass is 32.2. The standard InChI is InChI=1S/C28H29NO7S.Mg.2H/c1-3-35-26(28(31)32)20-22-11-15-24(16-12-22)29(27(30)23-9-5-4-6-10-23)19-7-8-21-13-17-25(18-14-21)36-37(2,33)34;;;/h4-18,26H,3,19-20H2,1-2H3,(H,31,32);;;/b8-7+;;;/t26-;;;/m0.../s1. The zero-order chi connectivity index (χ0) is 26.8. The van der Waals surface area contributed by atoms with E-state index in [-0.39, 0.29) is 47.7 Å². The van der Waals surface area contributed by atoms with Crippen LogP contribution >= 0.6 is 0 Å². The number of anilines is 1. The number of carboxylic acid groups (broad SMARTS) is 1. The van der Waals surface area contributed by atoms with Gasteiger partial charge in [-0.15, -0.1) is 0 Å². The summed E-state index contributed by atoms with van der Waals surface area (Å²) >= 11 is 0. The number of carboxylic acids is 1. The maximum atomic E-state index is 13.3. The van der Waals surface area contributed by atoms with Crippen LogP contribution in [0.3, 0.4) is 0 Å². The SMILES string of the molecule is CCO[C@@H](Cc1ccc(N(C/C=C/c2ccc(OS(C)(=O)=O)cc2)C(=O)c2ccccc2)cc1)C(=O)O.[MgH2]. The molecule has 198 valence electrons. The number of nitrogens with zero attached hydrogens (tertiary/aromatic N) is 1. The Balaban J connectivity index is 0.00000507. The summed E-state index contributed by atoms with van der Waals surface area (Å²) in [6, 6.07) is 22.6. The van der Waals surface area contributed by atoms with Crippen LogP contribution in [0, 0.1) is 0 Å². The molecule has 0 fully saturated rings. The molecule has 0 aliphatic rings. The average molecular weight is 550 g/mol. The van der Waals surface area contributed by atoms with Gasteiger partial charge in [0.1, 0.15) is 5.75 Å². The number of rotatable bonds is 12. The predicted octanol–water partition coefficient (Wildman–Crippen LogP) is 3.50. The molecular formula is C28H31MgNO7S. The molecule has 3 aromatic rings. The fourth-order valence-electron chi connectivity index (χ4n) is 3.59. The molecule has 3 aromatic carbocycles. The lowest BCUT2D eigenvalue weighted by molar-refractivity contribution is -0.149. The first-order valence-corrected chi connectivity index (χ1v) is 13.4. The zero-order valence-corrected chi connectivity index (χ0v) is 21.4. The molecule has 1 N–H and O–H groups in total. The maximum absolute atomic E-state index is 13.3. The summed E-state index contributed by atoms with van der Waals surface area (Å²) in [6.45, 7) is 2.32. The number of amides is 1. The predicted molar refractivity (Wildman–Crippen MR) is 151 cm³/mol. The van der Waals surface area contributed by atoms with Crippen LogP contribution in [-0.2, 0) is 26.1 Å². The van der Waals surface area contributed by atoms with Gasteiger partial charge >= 0.3 is 39.1 Å². The van der Waals surface area contributed by atoms with Gasteiger partial charge in [-0.05, 0) is 54.4 Å². The van der Waals surface area contributed by atoms with Crippen molar-refractivity contribution in [1.29, 1.82) is 0 Å². The van der Waals surface area contributed by atoms with Crippen molar-refractivity contribution >= 4 is 56.8 Å². The molecule has 0 aromatic heterocycles. The molecule has 8 nitrogen and oxygen atoms in total. The Morgan fingerprint density at radius 3 is 2.16 bits per heavy atom. The highest BCUT2D eigenvalue weighted by Gasteiger charge is 2.19. The molecule has 0 heterocycles. The van der Waals surface area contributed by atoms with Gasteiger partial charge in [-0.25, -0.2) is 4.79 Å². The molecule has 0 bridgehead atoms. The highest BCUT2D eigenvalue weighted by molar-refractivity contribution is 7.86. The molecule has 0 radical (unpaired) electrons. The van der Waals surface area contributed by atoms with Crippen LogP contribution in [0.25, 0.3) is 6.08 Å². The van der Waals surface area contributed by atoms with Crippen molar-refractivity contribution in [3.05, 3.63) is 102 Å². The lowest BCUT2D eigenvalue weighted by atomic mass is 10.1. The molecule has 0 saturated heterocycles. The smallest absolute Gasteiger partial charge is 0.333 e. The lowest BCUT2D eigenvalue weighted by Crippen LogP contribution is -2.31. The van der Waals surface area contributed by atoms with Crippen molar-refractivity contribution < 1.29 is 32.0 Å². The number of benzene rings is 3. The minimum Gasteiger partial charge on any atom is -0.479 e. The fourth-order valence-corrected chi connectivity index (χ4v) is 4.05. The second-order valence-electron chi connectivity index (χ2n) is 8.19. The van der Waals surface area contributed by atoms with Gasteiger partial charge in [0.2, 0.25) is 0 Å². The third-order valence-electron chi connectivity index (χ3n) is 5.30. The van der Waals surface area contributed by atoms with Crippen LogP contribution in [0.5, 0.6) is 5.75 Å². The van der Waals surface area contributed by atoms with Crippen LogP contribution in [0.1, 0.15) is 28.4 Å². The Morgan fingerprint density at radius 1 is 0.974 bits per heavy atom. The van der Waals surface area contributed by atoms with E-state index in [1.807, 2.05) is 18.2 Å². The van der Waals surface area contributed by atoms with Crippen LogP contribution < -0.4 is 9.08 Å². The molecule has 1 atom stereocenters. The second kappa shape index (κ2) is 14.7. The van der Waals surface area contributed by atoms with E-state index < -0.39 is 22.2 Å². The Morgan fingerprint density at radius 2 is 1.61 bits per heavy atom. The summed E-state index contributed by atoms with van der Waals surface area (Å²) in [5, 5.41) is 9.34. The van der Waals surface area contributed by atoms with Gasteiger partial charge in [0, 0.05) is 30.8 Å². The van der Waals surface area contributed by atoms with Gasteiger partial charge in [-0.1, -0.05) is 54.6 Å². The summed E-state index contributed by atoms with van der Waals surface area (Å²) in [4.78, 5) is 26.4. The van der Waals surface area contributed by atoms with Crippen LogP contribution in [0.2, 0.25) is 0 Å². The number of aliphatic carboxylic acids is 1. The summed E-state index contributed by atoms with van der Waals surface area (Å²) in [5.74, 6) is -0.990. The normalized spacial score (nSPS) is 11.9. The Bertz CT molecular complexity index is 1330. The van der Waals surface area contributed by atoms with Crippen molar-refractivity contribution in [1.82, 2.24) is 0 Å². The minimum atomic E-state index is -3.60. The number of carbonyl (C=O) groups is 2. The van der Waals surface area contributed by atoms with Crippen molar-refractivity contribution in [3.8, 4) is 5.75 Å². The largest absolute Gasteiger partial charge is 0.479 e. The molecular weight excluding hydrogens is 519 g/mol. The third-order valence-corrected chi connectivity index (χ3v) is 5.80. The molecule has 0 aliphatic carbocycles. The molecule has 0 aliphatic heterocycles. The fraction of sp³-hybridized carbons (Fsp3) is 0.214. The van der Waals surface area contributed by atoms with Crippen molar-refractivity contribution in [2.45, 2.75) is 19.4 Å². The summed E-state index contributed by atoms with van der Waals surface area (Å²) in [5.41, 5.74) is 2.77. The lowest BCUT2D eigenvalue weighted by Gasteiger charge is -2.22. The first-order valence-electron chi connectivity index (χ1n) is 11.6. The molecule has 3 rings (SSSR count). The summed E-state index contributed by atoms with van der Waals surface area (Å²) in [6.07, 6.45) is 3.92. The average Bonchev–Trinajstić information content (AvgIpc) is 2.87. The molecule has 0 saturated carbocycles. The number of hydrogen-bond acceptors (Lipinski definition) is 6. The second-order valence-corrected chi connectivity index (χ2v) is 9.77. The first-order chi connectivity index (χ1) is 17.7. The van der Waals surface area contributed by atoms with Crippen LogP contribution in [0.4, 0.5) is 5.69 Å². The van der Waals surface area contributed by atoms with E-state index in [1.54, 1.807) is 84.6 Å². The van der Waals surface area contributed by atoms with Gasteiger partial charge in [-0.3, -0.25) is 4.79 Å². The number of hydrogen-bond donors (Lipinski definition) is 1. The molecule has 10 heteroatoms. The Labute approximate surface area is 239 Å². The Kier molecular flexibility index (Phi) is 12.0. The van der Waals surface area contributed by atoms with Gasteiger partial charge < -0.3 is 18.9 Å². The zero-order valence-electron chi connectivity index (χ0n) is 20.6. The molecule has 1 amide bonds. The van der Waals surface area contributed by atoms with E-state index in [0.717, 1.165) is 17.4 Å². The Hall–Kier alpha value is -3.18. The first kappa shape index (κ1) is 31.0. The molecule has 0 spiro atoms. The van der Waals surface area contributed by atoms with E-state index in [0.29, 0.717) is 17.9 Å². The van der Waals surface area contributed by atoms with E-state index in [9.17, 15) is 23.1 Å². The minimum absolute atomic E-state index is 0. The maximum Gasteiger partial charge on any atom is 0.333 e. The van der Waals surface area contributed by atoms with Gasteiger partial charge in [0.05, 0.1) is 6.26 Å². The van der Waals surface area contributed by atoms with Gasteiger partial charge in [0.15, 0.2) is 6.10 Å². The van der Waals surface area contributed by atoms with E-state index in [2.05, 4.69) is 0 Å². The van der Waals surface area contributed by atoms with E-state index >= 15 is 0 Å². The van der Waals surface area contributed by atoms with Crippen LogP contribution in [-0.4, -0.2) is 74.0 Å². The quantitative estimate of drug-likeness (QED) is 0.272. The van der Waals surface area contributed by atoms with Crippen molar-refractivity contribution in [3.63, 3.8) is 0 Å². The molecule has 0 unspecified atom stereocenters. The summed E-state index contributed by atoms with van der Waals surface area (Å²) < 4.78 is 32.7. The number of carbonyl (C=O) groups excluding carboxylic acids is 1. The van der Waals surface area contributed by atoms with Crippen molar-refractivity contribution in [2.75, 3.05) is 24.3 Å². The highest BCUT2D eigenvalue weighted by Crippen LogP contribution is 2.21. The van der Waals surface area contributed by atoms with Gasteiger partial charge in [0.25, 0.3) is 5.91 Å². The number of ether oxygens (including phenoxy) is 1. The third kappa shape index (κ3) is 9.60. The topological polar surface area (TPSA) is 110 Å². The van der Waals surface area contributed by atoms with Crippen molar-refractivity contribution in [2.24, 2.45) is 0 Å². The van der Waals surface area contributed by atoms with E-state index in [1.165, 1.54) is 0 Å². The summed E-state index contributed by atoms with van der Waals surface area (Å²) in [7, 11) is -3.60. The van der Waals surface area contributed by atoms with Crippen LogP contribution in [0.15, 0.2) is 84.9 Å².